The summed E-state index contributed by atoms with van der Waals surface area (Å²) in [5.74, 6) is 0.0284. The lowest BCUT2D eigenvalue weighted by Gasteiger charge is -2.44. The molecule has 5 atom stereocenters. The Morgan fingerprint density at radius 1 is 0.723 bits per heavy atom. The lowest BCUT2D eigenvalue weighted by atomic mass is 10.0. The molecule has 23 nitrogen and oxygen atoms in total. The molecular formula is C70H89N7O16Si. The Morgan fingerprint density at radius 3 is 1.93 bits per heavy atom. The second kappa shape index (κ2) is 29.5. The topological polar surface area (TPSA) is 252 Å². The zero-order valence-electron chi connectivity index (χ0n) is 55.8. The first-order valence-corrected chi connectivity index (χ1v) is 34.9. The predicted molar refractivity (Wildman–Crippen MR) is 357 cm³/mol. The van der Waals surface area contributed by atoms with Crippen LogP contribution in [-0.2, 0) is 34.8 Å². The second-order valence-electron chi connectivity index (χ2n) is 26.3. The molecule has 9 rings (SSSR count). The number of methoxy groups -OCH3 is 3. The van der Waals surface area contributed by atoms with Crippen LogP contribution in [0.2, 0.25) is 18.1 Å². The highest BCUT2D eigenvalue weighted by Crippen LogP contribution is 2.58. The molecule has 4 heterocycles. The van der Waals surface area contributed by atoms with Gasteiger partial charge in [-0.05, 0) is 134 Å². The number of hydrogen-bond acceptors (Lipinski definition) is 16. The molecule has 3 N–H and O–H groups in total. The Morgan fingerprint density at radius 2 is 1.34 bits per heavy atom. The molecule has 0 bridgehead atoms. The fourth-order valence-electron chi connectivity index (χ4n) is 11.8. The van der Waals surface area contributed by atoms with Gasteiger partial charge in [0.15, 0.2) is 37.5 Å². The van der Waals surface area contributed by atoms with Crippen LogP contribution in [0.25, 0.3) is 5.57 Å². The number of ether oxygens (including phenoxy) is 8. The number of carbonyl (C=O) groups excluding carboxylic acids is 7. The van der Waals surface area contributed by atoms with Crippen molar-refractivity contribution in [3.05, 3.63) is 127 Å². The number of alkyl carbamates (subject to hydrolysis) is 1. The monoisotopic (exact) mass is 1310 g/mol. The van der Waals surface area contributed by atoms with Gasteiger partial charge in [-0.15, -0.1) is 0 Å². The summed E-state index contributed by atoms with van der Waals surface area (Å²) in [5, 5.41) is 7.71. The van der Waals surface area contributed by atoms with Crippen LogP contribution in [0.1, 0.15) is 118 Å². The third-order valence-electron chi connectivity index (χ3n) is 18.3. The van der Waals surface area contributed by atoms with E-state index in [4.69, 9.17) is 42.3 Å². The standard InChI is InChI=1S/C70H89N7O16Si/c1-14-29-90-66(82)73-60(43(3)4)62(79)71-44(5)61(78)72-48-23-19-45(20-24-48)41-92-68(84)77-54-37-59(57(87-11)35-52(54)64(81)76-42-70(27-28-70)38-55(76)65(77)93-94(12,13)69(6,7)8)89-32-18-16-17-31-88-58-36-53-51(34-56(58)86-10)63(80)74-39-47(46-21-25-50(85-9)26-22-46)33-49(74)40-75(53)67(83)91-30-15-2/h14-15,19-26,34-37,39,43-44,49,55,60,65H,1-2,16-18,27-33,38,40-42H2,3-13H3,(H,71,79)(H,72,78)(H,73,82)/t44-,49-,55-,60-,65?/m0/s1. The lowest BCUT2D eigenvalue weighted by Crippen LogP contribution is -2.58. The van der Waals surface area contributed by atoms with Crippen molar-refractivity contribution in [3.63, 3.8) is 0 Å². The molecule has 1 saturated carbocycles. The van der Waals surface area contributed by atoms with Gasteiger partial charge >= 0.3 is 18.3 Å². The Balaban J connectivity index is 0.890. The molecule has 0 radical (unpaired) electrons. The van der Waals surface area contributed by atoms with Gasteiger partial charge in [-0.1, -0.05) is 84.2 Å². The van der Waals surface area contributed by atoms with Crippen LogP contribution >= 0.6 is 0 Å². The van der Waals surface area contributed by atoms with Crippen molar-refractivity contribution in [2.45, 2.75) is 142 Å². The van der Waals surface area contributed by atoms with E-state index in [-0.39, 0.29) is 90.6 Å². The third-order valence-corrected chi connectivity index (χ3v) is 22.8. The molecule has 7 amide bonds. The average molecular weight is 1310 g/mol. The zero-order valence-corrected chi connectivity index (χ0v) is 56.8. The summed E-state index contributed by atoms with van der Waals surface area (Å²) < 4.78 is 54.0. The molecule has 2 fully saturated rings. The van der Waals surface area contributed by atoms with Gasteiger partial charge in [-0.25, -0.2) is 19.3 Å². The second-order valence-corrected chi connectivity index (χ2v) is 31.1. The van der Waals surface area contributed by atoms with Gasteiger partial charge in [0.2, 0.25) is 11.8 Å². The molecule has 4 aromatic rings. The van der Waals surface area contributed by atoms with Gasteiger partial charge in [0, 0.05) is 30.6 Å². The molecule has 24 heteroatoms. The van der Waals surface area contributed by atoms with Crippen molar-refractivity contribution in [2.24, 2.45) is 11.3 Å². The number of nitrogens with one attached hydrogen (secondary N) is 3. The summed E-state index contributed by atoms with van der Waals surface area (Å²) in [7, 11) is 1.89. The fraction of sp³-hybridized carbons (Fsp3) is 0.471. The molecule has 0 aromatic heterocycles. The van der Waals surface area contributed by atoms with Crippen LogP contribution in [0.3, 0.4) is 0 Å². The number of amides is 7. The molecular weight excluding hydrogens is 1220 g/mol. The van der Waals surface area contributed by atoms with E-state index >= 15 is 9.59 Å². The highest BCUT2D eigenvalue weighted by Gasteiger charge is 2.60. The number of benzene rings is 4. The van der Waals surface area contributed by atoms with Gasteiger partial charge in [0.05, 0.1) is 75.7 Å². The van der Waals surface area contributed by atoms with Crippen LogP contribution in [0.15, 0.2) is 104 Å². The summed E-state index contributed by atoms with van der Waals surface area (Å²) >= 11 is 0. The van der Waals surface area contributed by atoms with Crippen LogP contribution in [0.4, 0.5) is 31.4 Å². The molecule has 4 aliphatic heterocycles. The van der Waals surface area contributed by atoms with Crippen molar-refractivity contribution in [2.75, 3.05) is 76.0 Å². The summed E-state index contributed by atoms with van der Waals surface area (Å²) in [6.07, 6.45) is 6.47. The summed E-state index contributed by atoms with van der Waals surface area (Å²) in [4.78, 5) is 104. The molecule has 1 saturated heterocycles. The third kappa shape index (κ3) is 15.6. The summed E-state index contributed by atoms with van der Waals surface area (Å²) in [6, 6.07) is 18.1. The maximum atomic E-state index is 15.2. The van der Waals surface area contributed by atoms with Crippen molar-refractivity contribution in [1.82, 2.24) is 20.4 Å². The van der Waals surface area contributed by atoms with E-state index in [9.17, 15) is 24.0 Å². The number of unbranched alkanes of at least 4 members (excludes halogenated alkanes) is 2. The van der Waals surface area contributed by atoms with Gasteiger partial charge in [0.1, 0.15) is 37.7 Å². The number of rotatable bonds is 26. The van der Waals surface area contributed by atoms with E-state index in [0.29, 0.717) is 84.3 Å². The SMILES string of the molecule is C=CCOC(=O)N[C@H](C(=O)N[C@@H](C)C(=O)Nc1ccc(COC(=O)N2c3cc(OCCCCCOc4cc5c(cc4OC)C(=O)N4C=C(c6ccc(OC)cc6)C[C@H]4CN5C(=O)OCC=C)c(OC)cc3C(=O)N3CC4(CC4)C[C@H]3C2O[Si](C)(C)C(C)(C)C)cc1)C(C)C. The summed E-state index contributed by atoms with van der Waals surface area (Å²) in [5.41, 5.74) is 3.87. The van der Waals surface area contributed by atoms with Crippen molar-refractivity contribution in [1.29, 1.82) is 0 Å². The minimum Gasteiger partial charge on any atom is -0.497 e. The maximum Gasteiger partial charge on any atom is 0.416 e. The molecule has 5 aliphatic rings. The van der Waals surface area contributed by atoms with E-state index in [0.717, 1.165) is 24.0 Å². The largest absolute Gasteiger partial charge is 0.497 e. The number of nitrogens with zero attached hydrogens (tertiary/aromatic N) is 4. The van der Waals surface area contributed by atoms with Gasteiger partial charge < -0.3 is 68.1 Å². The fourth-order valence-corrected chi connectivity index (χ4v) is 13.0. The first-order valence-electron chi connectivity index (χ1n) is 31.9. The number of carbonyl (C=O) groups is 7. The Labute approximate surface area is 551 Å². The van der Waals surface area contributed by atoms with E-state index in [2.05, 4.69) is 63.0 Å². The molecule has 4 aromatic carbocycles. The van der Waals surface area contributed by atoms with Gasteiger partial charge in [-0.2, -0.15) is 0 Å². The van der Waals surface area contributed by atoms with E-state index in [1.807, 2.05) is 35.4 Å². The highest BCUT2D eigenvalue weighted by molar-refractivity contribution is 6.74. The lowest BCUT2D eigenvalue weighted by molar-refractivity contribution is -0.128. The van der Waals surface area contributed by atoms with Crippen LogP contribution in [0.5, 0.6) is 28.7 Å². The van der Waals surface area contributed by atoms with Gasteiger partial charge in [-0.3, -0.25) is 24.1 Å². The molecule has 1 spiro atoms. The Kier molecular flexibility index (Phi) is 21.8. The van der Waals surface area contributed by atoms with Gasteiger partial charge in [0.25, 0.3) is 11.8 Å². The average Bonchev–Trinajstić information content (AvgIpc) is 1.56. The number of anilines is 3. The first-order chi connectivity index (χ1) is 44.8. The quantitative estimate of drug-likeness (QED) is 0.0229. The van der Waals surface area contributed by atoms with Crippen molar-refractivity contribution < 1.29 is 75.9 Å². The Hall–Kier alpha value is -9.03. The minimum absolute atomic E-state index is 0.0261. The minimum atomic E-state index is -2.70. The molecule has 1 aliphatic carbocycles. The molecule has 1 unspecified atom stereocenters. The van der Waals surface area contributed by atoms with Crippen LogP contribution in [0, 0.1) is 11.3 Å². The molecule has 94 heavy (non-hydrogen) atoms. The first kappa shape index (κ1) is 69.3. The van der Waals surface area contributed by atoms with E-state index in [1.54, 1.807) is 74.4 Å². The normalized spacial score (nSPS) is 18.4. The smallest absolute Gasteiger partial charge is 0.416 e. The Bertz CT molecular complexity index is 3530. The highest BCUT2D eigenvalue weighted by atomic mass is 28.4. The maximum absolute atomic E-state index is 15.2. The number of hydrogen-bond donors (Lipinski definition) is 3. The van der Waals surface area contributed by atoms with Crippen LogP contribution < -0.4 is 49.4 Å². The summed E-state index contributed by atoms with van der Waals surface area (Å²) in [6.45, 7) is 23.8. The molecule has 504 valence electrons. The van der Waals surface area contributed by atoms with Crippen molar-refractivity contribution in [3.8, 4) is 28.7 Å². The van der Waals surface area contributed by atoms with Crippen LogP contribution in [-0.4, -0.2) is 151 Å². The zero-order chi connectivity index (χ0) is 67.8. The van der Waals surface area contributed by atoms with Crippen molar-refractivity contribution >= 4 is 72.9 Å². The number of fused-ring (bicyclic) bond motifs is 4. The predicted octanol–water partition coefficient (Wildman–Crippen LogP) is 11.6. The van der Waals surface area contributed by atoms with E-state index in [1.165, 1.54) is 43.1 Å². The van der Waals surface area contributed by atoms with E-state index < -0.39 is 62.8 Å².